The Morgan fingerprint density at radius 2 is 2.19 bits per heavy atom. The number of terminal acetylenes is 1. The van der Waals surface area contributed by atoms with E-state index in [0.717, 1.165) is 0 Å². The predicted octanol–water partition coefficient (Wildman–Crippen LogP) is 1.76. The van der Waals surface area contributed by atoms with Crippen LogP contribution in [0.25, 0.3) is 0 Å². The van der Waals surface area contributed by atoms with E-state index in [4.69, 9.17) is 11.2 Å². The van der Waals surface area contributed by atoms with Crippen molar-refractivity contribution in [3.8, 4) is 29.9 Å². The number of aromatic nitrogens is 2. The zero-order chi connectivity index (χ0) is 19.1. The summed E-state index contributed by atoms with van der Waals surface area (Å²) in [7, 11) is 3.08. The van der Waals surface area contributed by atoms with Crippen molar-refractivity contribution in [2.75, 3.05) is 25.5 Å². The fourth-order valence-electron chi connectivity index (χ4n) is 2.24. The molecule has 1 heterocycles. The topological polar surface area (TPSA) is 68.2 Å². The van der Waals surface area contributed by atoms with Gasteiger partial charge in [-0.2, -0.15) is 0 Å². The molecule has 0 fully saturated rings. The van der Waals surface area contributed by atoms with Gasteiger partial charge in [0.05, 0.1) is 13.7 Å². The SMILES string of the molecule is C#CCNC(=O)c1c(NCC)nc(C#Cc2ccc(F)c(OC)c2)n1C. The van der Waals surface area contributed by atoms with Gasteiger partial charge in [0.25, 0.3) is 5.91 Å². The minimum atomic E-state index is -0.461. The molecule has 2 aromatic rings. The number of rotatable bonds is 5. The number of carbonyl (C=O) groups is 1. The van der Waals surface area contributed by atoms with Crippen LogP contribution in [0.5, 0.6) is 5.75 Å². The first kappa shape index (κ1) is 18.9. The highest BCUT2D eigenvalue weighted by Crippen LogP contribution is 2.18. The van der Waals surface area contributed by atoms with Gasteiger partial charge in [-0.15, -0.1) is 6.42 Å². The second-order valence-corrected chi connectivity index (χ2v) is 5.21. The summed E-state index contributed by atoms with van der Waals surface area (Å²) in [4.78, 5) is 16.7. The number of hydrogen-bond donors (Lipinski definition) is 2. The molecule has 0 atom stereocenters. The number of hydrogen-bond acceptors (Lipinski definition) is 4. The van der Waals surface area contributed by atoms with E-state index in [0.29, 0.717) is 29.4 Å². The second-order valence-electron chi connectivity index (χ2n) is 5.21. The molecule has 0 radical (unpaired) electrons. The molecule has 0 spiro atoms. The van der Waals surface area contributed by atoms with E-state index in [9.17, 15) is 9.18 Å². The van der Waals surface area contributed by atoms with Crippen LogP contribution in [0.15, 0.2) is 18.2 Å². The monoisotopic (exact) mass is 354 g/mol. The molecule has 0 aliphatic heterocycles. The molecule has 6 nitrogen and oxygen atoms in total. The van der Waals surface area contributed by atoms with E-state index in [1.165, 1.54) is 19.2 Å². The van der Waals surface area contributed by atoms with Crippen LogP contribution in [0, 0.1) is 30.0 Å². The number of amides is 1. The van der Waals surface area contributed by atoms with Crippen molar-refractivity contribution < 1.29 is 13.9 Å². The Hall–Kier alpha value is -3.45. The van der Waals surface area contributed by atoms with Crippen molar-refractivity contribution in [3.63, 3.8) is 0 Å². The molecule has 0 bridgehead atoms. The van der Waals surface area contributed by atoms with E-state index in [1.807, 2.05) is 6.92 Å². The molecule has 26 heavy (non-hydrogen) atoms. The van der Waals surface area contributed by atoms with Gasteiger partial charge in [0.2, 0.25) is 0 Å². The van der Waals surface area contributed by atoms with Gasteiger partial charge in [0.15, 0.2) is 28.9 Å². The van der Waals surface area contributed by atoms with E-state index in [-0.39, 0.29) is 18.2 Å². The van der Waals surface area contributed by atoms with Crippen LogP contribution in [0.2, 0.25) is 0 Å². The highest BCUT2D eigenvalue weighted by Gasteiger charge is 2.19. The molecule has 0 saturated heterocycles. The fraction of sp³-hybridized carbons (Fsp3) is 0.263. The first-order valence-corrected chi connectivity index (χ1v) is 7.89. The highest BCUT2D eigenvalue weighted by atomic mass is 19.1. The Labute approximate surface area is 151 Å². The summed E-state index contributed by atoms with van der Waals surface area (Å²) in [5, 5.41) is 5.65. The van der Waals surface area contributed by atoms with Crippen molar-refractivity contribution in [2.24, 2.45) is 7.05 Å². The van der Waals surface area contributed by atoms with Gasteiger partial charge < -0.3 is 19.9 Å². The summed E-state index contributed by atoms with van der Waals surface area (Å²) in [6.07, 6.45) is 5.18. The Bertz CT molecular complexity index is 916. The van der Waals surface area contributed by atoms with Gasteiger partial charge in [0, 0.05) is 19.2 Å². The summed E-state index contributed by atoms with van der Waals surface area (Å²) < 4.78 is 20.0. The average molecular weight is 354 g/mol. The van der Waals surface area contributed by atoms with Gasteiger partial charge in [-0.1, -0.05) is 11.8 Å². The number of halogens is 1. The zero-order valence-corrected chi connectivity index (χ0v) is 14.8. The van der Waals surface area contributed by atoms with Crippen molar-refractivity contribution in [1.29, 1.82) is 0 Å². The summed E-state index contributed by atoms with van der Waals surface area (Å²) in [6.45, 7) is 2.61. The largest absolute Gasteiger partial charge is 0.494 e. The van der Waals surface area contributed by atoms with Crippen molar-refractivity contribution in [2.45, 2.75) is 6.92 Å². The maximum absolute atomic E-state index is 13.5. The third kappa shape index (κ3) is 4.14. The first-order valence-electron chi connectivity index (χ1n) is 7.89. The Balaban J connectivity index is 2.39. The number of carbonyl (C=O) groups excluding carboxylic acids is 1. The lowest BCUT2D eigenvalue weighted by atomic mass is 10.2. The molecule has 2 rings (SSSR count). The molecular weight excluding hydrogens is 335 g/mol. The maximum atomic E-state index is 13.5. The molecule has 0 aliphatic carbocycles. The Kier molecular flexibility index (Phi) is 6.24. The Morgan fingerprint density at radius 3 is 2.85 bits per heavy atom. The number of imidazole rings is 1. The lowest BCUT2D eigenvalue weighted by molar-refractivity contribution is 0.0951. The lowest BCUT2D eigenvalue weighted by Crippen LogP contribution is -2.26. The van der Waals surface area contributed by atoms with Gasteiger partial charge >= 0.3 is 0 Å². The lowest BCUT2D eigenvalue weighted by Gasteiger charge is -2.06. The summed E-state index contributed by atoms with van der Waals surface area (Å²) in [6, 6.07) is 4.32. The molecule has 0 saturated carbocycles. The van der Waals surface area contributed by atoms with Crippen LogP contribution in [0.4, 0.5) is 10.2 Å². The van der Waals surface area contributed by atoms with E-state index in [2.05, 4.69) is 33.4 Å². The third-order valence-electron chi connectivity index (χ3n) is 3.48. The van der Waals surface area contributed by atoms with Crippen molar-refractivity contribution >= 4 is 11.7 Å². The second kappa shape index (κ2) is 8.59. The van der Waals surface area contributed by atoms with Crippen LogP contribution >= 0.6 is 0 Å². The number of anilines is 1. The molecule has 134 valence electrons. The standard InChI is InChI=1S/C19H19FN4O2/c1-5-11-22-19(25)17-18(21-6-2)23-16(24(17)3)10-8-13-7-9-14(20)15(12-13)26-4/h1,7,9,12,21H,6,11H2,2-4H3,(H,22,25). The minimum absolute atomic E-state index is 0.110. The smallest absolute Gasteiger partial charge is 0.272 e. The molecule has 0 unspecified atom stereocenters. The maximum Gasteiger partial charge on any atom is 0.272 e. The number of methoxy groups -OCH3 is 1. The number of ether oxygens (including phenoxy) is 1. The molecule has 1 aromatic heterocycles. The van der Waals surface area contributed by atoms with Crippen LogP contribution in [0.3, 0.4) is 0 Å². The Morgan fingerprint density at radius 1 is 1.42 bits per heavy atom. The quantitative estimate of drug-likeness (QED) is 0.803. The predicted molar refractivity (Wildman–Crippen MR) is 97.5 cm³/mol. The summed E-state index contributed by atoms with van der Waals surface area (Å²) in [5.41, 5.74) is 0.901. The number of nitrogens with zero attached hydrogens (tertiary/aromatic N) is 2. The van der Waals surface area contributed by atoms with Crippen molar-refractivity contribution in [1.82, 2.24) is 14.9 Å². The highest BCUT2D eigenvalue weighted by molar-refractivity contribution is 5.97. The molecule has 0 aliphatic rings. The van der Waals surface area contributed by atoms with Crippen LogP contribution in [-0.2, 0) is 7.05 Å². The number of benzene rings is 1. The van der Waals surface area contributed by atoms with Gasteiger partial charge in [-0.3, -0.25) is 4.79 Å². The molecule has 1 amide bonds. The van der Waals surface area contributed by atoms with Crippen LogP contribution in [-0.4, -0.2) is 35.7 Å². The minimum Gasteiger partial charge on any atom is -0.494 e. The third-order valence-corrected chi connectivity index (χ3v) is 3.48. The number of nitrogens with one attached hydrogen (secondary N) is 2. The normalized spacial score (nSPS) is 9.65. The molecular formula is C19H19FN4O2. The van der Waals surface area contributed by atoms with Crippen molar-refractivity contribution in [3.05, 3.63) is 41.1 Å². The van der Waals surface area contributed by atoms with Gasteiger partial charge in [0.1, 0.15) is 0 Å². The van der Waals surface area contributed by atoms with Gasteiger partial charge in [-0.25, -0.2) is 9.37 Å². The molecule has 1 aromatic carbocycles. The summed E-state index contributed by atoms with van der Waals surface area (Å²) in [5.74, 6) is 8.26. The summed E-state index contributed by atoms with van der Waals surface area (Å²) >= 11 is 0. The van der Waals surface area contributed by atoms with Crippen LogP contribution in [0.1, 0.15) is 28.8 Å². The zero-order valence-electron chi connectivity index (χ0n) is 14.8. The first-order chi connectivity index (χ1) is 12.5. The van der Waals surface area contributed by atoms with E-state index in [1.54, 1.807) is 17.7 Å². The van der Waals surface area contributed by atoms with Crippen LogP contribution < -0.4 is 15.4 Å². The molecule has 7 heteroatoms. The molecule has 2 N–H and O–H groups in total. The van der Waals surface area contributed by atoms with E-state index < -0.39 is 5.82 Å². The fourth-order valence-corrected chi connectivity index (χ4v) is 2.24. The van der Waals surface area contributed by atoms with Gasteiger partial charge in [-0.05, 0) is 31.0 Å². The average Bonchev–Trinajstić information content (AvgIpc) is 2.94. The van der Waals surface area contributed by atoms with E-state index >= 15 is 0 Å².